The van der Waals surface area contributed by atoms with Gasteiger partial charge in [0.05, 0.1) is 14.2 Å². The Morgan fingerprint density at radius 1 is 0.929 bits per heavy atom. The normalized spacial score (nSPS) is 17.3. The van der Waals surface area contributed by atoms with Crippen molar-refractivity contribution in [2.45, 2.75) is 18.8 Å². The third-order valence-corrected chi connectivity index (χ3v) is 5.07. The lowest BCUT2D eigenvalue weighted by Crippen LogP contribution is -2.50. The molecule has 0 bridgehead atoms. The molecule has 7 heteroatoms. The number of rotatable bonds is 6. The van der Waals surface area contributed by atoms with Crippen molar-refractivity contribution in [2.75, 3.05) is 40.4 Å². The van der Waals surface area contributed by atoms with Crippen molar-refractivity contribution < 1.29 is 22.6 Å². The standard InChI is InChI=1S/C21H25F3N2O2/c1-27-17-8-9-18(19(14-17)28-2)20(21(22,23)24)26-12-10-25(11-13-26)15-16-6-4-3-5-7-16/h3-9,14,20H,10-13,15H2,1-2H3. The Kier molecular flexibility index (Phi) is 6.46. The fraction of sp³-hybridized carbons (Fsp3) is 0.429. The number of benzene rings is 2. The summed E-state index contributed by atoms with van der Waals surface area (Å²) in [6.07, 6.45) is -4.40. The minimum atomic E-state index is -4.40. The van der Waals surface area contributed by atoms with Crippen LogP contribution in [-0.4, -0.2) is 56.4 Å². The topological polar surface area (TPSA) is 24.9 Å². The lowest BCUT2D eigenvalue weighted by molar-refractivity contribution is -0.191. The monoisotopic (exact) mass is 394 g/mol. The average molecular weight is 394 g/mol. The predicted molar refractivity (Wildman–Crippen MR) is 102 cm³/mol. The molecule has 3 rings (SSSR count). The highest BCUT2D eigenvalue weighted by Crippen LogP contribution is 2.43. The van der Waals surface area contributed by atoms with Gasteiger partial charge >= 0.3 is 6.18 Å². The van der Waals surface area contributed by atoms with Crippen LogP contribution < -0.4 is 9.47 Å². The van der Waals surface area contributed by atoms with E-state index in [0.29, 0.717) is 31.9 Å². The van der Waals surface area contributed by atoms with Crippen LogP contribution in [0.3, 0.4) is 0 Å². The summed E-state index contributed by atoms with van der Waals surface area (Å²) in [5, 5.41) is 0. The molecule has 0 aromatic heterocycles. The molecule has 1 heterocycles. The van der Waals surface area contributed by atoms with Crippen molar-refractivity contribution in [3.8, 4) is 11.5 Å². The smallest absolute Gasteiger partial charge is 0.408 e. The summed E-state index contributed by atoms with van der Waals surface area (Å²) in [6.45, 7) is 2.59. The highest BCUT2D eigenvalue weighted by Gasteiger charge is 2.46. The lowest BCUT2D eigenvalue weighted by Gasteiger charge is -2.40. The minimum absolute atomic E-state index is 0.118. The van der Waals surface area contributed by atoms with Gasteiger partial charge in [-0.15, -0.1) is 0 Å². The molecule has 2 aromatic rings. The fourth-order valence-electron chi connectivity index (χ4n) is 3.65. The van der Waals surface area contributed by atoms with Crippen LogP contribution in [0.25, 0.3) is 0 Å². The van der Waals surface area contributed by atoms with E-state index in [1.54, 1.807) is 6.07 Å². The molecule has 4 nitrogen and oxygen atoms in total. The molecule has 152 valence electrons. The van der Waals surface area contributed by atoms with Gasteiger partial charge in [0.2, 0.25) is 0 Å². The van der Waals surface area contributed by atoms with Crippen LogP contribution in [0.5, 0.6) is 11.5 Å². The molecule has 0 aliphatic carbocycles. The first-order valence-corrected chi connectivity index (χ1v) is 9.21. The lowest BCUT2D eigenvalue weighted by atomic mass is 10.0. The maximum atomic E-state index is 14.0. The third-order valence-electron chi connectivity index (χ3n) is 5.07. The van der Waals surface area contributed by atoms with Crippen LogP contribution in [0.1, 0.15) is 17.2 Å². The number of hydrogen-bond acceptors (Lipinski definition) is 4. The molecule has 1 saturated heterocycles. The predicted octanol–water partition coefficient (Wildman–Crippen LogP) is 4.13. The van der Waals surface area contributed by atoms with Gasteiger partial charge in [0.15, 0.2) is 0 Å². The van der Waals surface area contributed by atoms with Crippen molar-refractivity contribution in [3.63, 3.8) is 0 Å². The number of piperazine rings is 1. The Labute approximate surface area is 163 Å². The highest BCUT2D eigenvalue weighted by molar-refractivity contribution is 5.43. The second-order valence-corrected chi connectivity index (χ2v) is 6.85. The van der Waals surface area contributed by atoms with Gasteiger partial charge in [0, 0.05) is 44.4 Å². The van der Waals surface area contributed by atoms with E-state index in [1.165, 1.54) is 36.8 Å². The van der Waals surface area contributed by atoms with Crippen LogP contribution in [0.2, 0.25) is 0 Å². The van der Waals surface area contributed by atoms with E-state index in [9.17, 15) is 13.2 Å². The molecule has 0 amide bonds. The molecule has 1 aliphatic heterocycles. The van der Waals surface area contributed by atoms with Gasteiger partial charge in [0.25, 0.3) is 0 Å². The summed E-state index contributed by atoms with van der Waals surface area (Å²) < 4.78 is 52.3. The van der Waals surface area contributed by atoms with E-state index in [2.05, 4.69) is 4.90 Å². The Balaban J connectivity index is 1.75. The Hall–Kier alpha value is -2.25. The maximum absolute atomic E-state index is 14.0. The Bertz CT molecular complexity index is 760. The van der Waals surface area contributed by atoms with E-state index >= 15 is 0 Å². The molecule has 0 spiro atoms. The van der Waals surface area contributed by atoms with Gasteiger partial charge < -0.3 is 9.47 Å². The van der Waals surface area contributed by atoms with Gasteiger partial charge in [0.1, 0.15) is 17.5 Å². The van der Waals surface area contributed by atoms with Crippen LogP contribution >= 0.6 is 0 Å². The fourth-order valence-corrected chi connectivity index (χ4v) is 3.65. The maximum Gasteiger partial charge on any atom is 0.408 e. The van der Waals surface area contributed by atoms with Gasteiger partial charge in [-0.25, -0.2) is 0 Å². The number of hydrogen-bond donors (Lipinski definition) is 0. The second-order valence-electron chi connectivity index (χ2n) is 6.85. The molecule has 28 heavy (non-hydrogen) atoms. The van der Waals surface area contributed by atoms with Crippen LogP contribution in [-0.2, 0) is 6.54 Å². The van der Waals surface area contributed by atoms with Crippen molar-refractivity contribution in [3.05, 3.63) is 59.7 Å². The average Bonchev–Trinajstić information content (AvgIpc) is 2.69. The third kappa shape index (κ3) is 4.77. The molecule has 2 aromatic carbocycles. The molecule has 0 saturated carbocycles. The quantitative estimate of drug-likeness (QED) is 0.736. The summed E-state index contributed by atoms with van der Waals surface area (Å²) in [5.74, 6) is 0.655. The number of methoxy groups -OCH3 is 2. The van der Waals surface area contributed by atoms with E-state index < -0.39 is 12.2 Å². The molecule has 1 fully saturated rings. The van der Waals surface area contributed by atoms with Gasteiger partial charge in [-0.3, -0.25) is 9.80 Å². The van der Waals surface area contributed by atoms with Crippen molar-refractivity contribution in [1.29, 1.82) is 0 Å². The summed E-state index contributed by atoms with van der Waals surface area (Å²) >= 11 is 0. The molecular weight excluding hydrogens is 369 g/mol. The zero-order valence-electron chi connectivity index (χ0n) is 16.1. The zero-order valence-corrected chi connectivity index (χ0v) is 16.1. The summed E-state index contributed by atoms with van der Waals surface area (Å²) in [7, 11) is 2.85. The van der Waals surface area contributed by atoms with E-state index in [4.69, 9.17) is 9.47 Å². The molecule has 0 radical (unpaired) electrons. The first-order chi connectivity index (χ1) is 13.4. The van der Waals surface area contributed by atoms with Crippen LogP contribution in [0.4, 0.5) is 13.2 Å². The number of nitrogens with zero attached hydrogens (tertiary/aromatic N) is 2. The Morgan fingerprint density at radius 3 is 2.18 bits per heavy atom. The summed E-state index contributed by atoms with van der Waals surface area (Å²) in [4.78, 5) is 3.68. The number of ether oxygens (including phenoxy) is 2. The van der Waals surface area contributed by atoms with Crippen LogP contribution in [0.15, 0.2) is 48.5 Å². The Morgan fingerprint density at radius 2 is 1.61 bits per heavy atom. The van der Waals surface area contributed by atoms with Gasteiger partial charge in [-0.2, -0.15) is 13.2 Å². The summed E-state index contributed by atoms with van der Waals surface area (Å²) in [5.41, 5.74) is 1.28. The first-order valence-electron chi connectivity index (χ1n) is 9.21. The largest absolute Gasteiger partial charge is 0.497 e. The van der Waals surface area contributed by atoms with Crippen molar-refractivity contribution in [2.24, 2.45) is 0 Å². The minimum Gasteiger partial charge on any atom is -0.497 e. The second kappa shape index (κ2) is 8.84. The SMILES string of the molecule is COc1ccc(C(N2CCN(Cc3ccccc3)CC2)C(F)(F)F)c(OC)c1. The first kappa shape index (κ1) is 20.5. The zero-order chi connectivity index (χ0) is 20.1. The van der Waals surface area contributed by atoms with E-state index in [-0.39, 0.29) is 11.3 Å². The van der Waals surface area contributed by atoms with E-state index in [1.807, 2.05) is 30.3 Å². The molecular formula is C21H25F3N2O2. The number of halogens is 3. The highest BCUT2D eigenvalue weighted by atomic mass is 19.4. The van der Waals surface area contributed by atoms with Crippen LogP contribution in [0, 0.1) is 0 Å². The molecule has 1 atom stereocenters. The van der Waals surface area contributed by atoms with E-state index in [0.717, 1.165) is 6.54 Å². The molecule has 0 N–H and O–H groups in total. The summed E-state index contributed by atoms with van der Waals surface area (Å²) in [6, 6.07) is 12.8. The number of alkyl halides is 3. The van der Waals surface area contributed by atoms with Gasteiger partial charge in [-0.1, -0.05) is 30.3 Å². The van der Waals surface area contributed by atoms with Gasteiger partial charge in [-0.05, 0) is 17.7 Å². The van der Waals surface area contributed by atoms with Crippen molar-refractivity contribution in [1.82, 2.24) is 9.80 Å². The van der Waals surface area contributed by atoms with Crippen molar-refractivity contribution >= 4 is 0 Å². The molecule has 1 unspecified atom stereocenters. The molecule has 1 aliphatic rings.